The summed E-state index contributed by atoms with van der Waals surface area (Å²) in [6, 6.07) is 1.94. The molecule has 2 heterocycles. The van der Waals surface area contributed by atoms with Crippen molar-refractivity contribution in [1.29, 1.82) is 0 Å². The Morgan fingerprint density at radius 2 is 1.90 bits per heavy atom. The van der Waals surface area contributed by atoms with Crippen molar-refractivity contribution in [3.63, 3.8) is 0 Å². The summed E-state index contributed by atoms with van der Waals surface area (Å²) in [5, 5.41) is 5.89. The van der Waals surface area contributed by atoms with E-state index in [4.69, 9.17) is 4.74 Å². The highest BCUT2D eigenvalue weighted by atomic mass is 16.5. The predicted octanol–water partition coefficient (Wildman–Crippen LogP) is 3.54. The third-order valence-corrected chi connectivity index (χ3v) is 6.02. The number of carbonyl (C=O) groups is 2. The monoisotopic (exact) mass is 420 g/mol. The normalized spacial score (nSPS) is 27.2. The van der Waals surface area contributed by atoms with Gasteiger partial charge >= 0.3 is 0 Å². The van der Waals surface area contributed by atoms with Crippen LogP contribution in [0.1, 0.15) is 38.2 Å². The molecular formula is C24H28N4O3. The van der Waals surface area contributed by atoms with Crippen LogP contribution in [0.3, 0.4) is 0 Å². The minimum absolute atomic E-state index is 0.0202. The fourth-order valence-electron chi connectivity index (χ4n) is 3.95. The van der Waals surface area contributed by atoms with Gasteiger partial charge in [0.25, 0.3) is 0 Å². The van der Waals surface area contributed by atoms with Gasteiger partial charge in [-0.15, -0.1) is 0 Å². The van der Waals surface area contributed by atoms with E-state index >= 15 is 0 Å². The lowest BCUT2D eigenvalue weighted by Gasteiger charge is -2.26. The van der Waals surface area contributed by atoms with Crippen LogP contribution < -0.4 is 10.6 Å². The first-order chi connectivity index (χ1) is 15.0. The number of pyridine rings is 1. The molecule has 0 radical (unpaired) electrons. The van der Waals surface area contributed by atoms with Crippen molar-refractivity contribution in [1.82, 2.24) is 10.3 Å². The Labute approximate surface area is 182 Å². The lowest BCUT2D eigenvalue weighted by Crippen LogP contribution is -2.33. The number of rotatable bonds is 6. The summed E-state index contributed by atoms with van der Waals surface area (Å²) >= 11 is 0. The average Bonchev–Trinajstić information content (AvgIpc) is 3.61. The van der Waals surface area contributed by atoms with Crippen LogP contribution in [-0.2, 0) is 14.3 Å². The van der Waals surface area contributed by atoms with E-state index in [1.807, 2.05) is 19.1 Å². The van der Waals surface area contributed by atoms with Crippen LogP contribution in [-0.4, -0.2) is 30.1 Å². The van der Waals surface area contributed by atoms with Gasteiger partial charge in [0.2, 0.25) is 11.8 Å². The molecule has 1 fully saturated rings. The SMILES string of the molecule is COC1=CC(C)C(c2ccncc2NC(=O)C2C=C(NC(=O)C3CC3)N=CC2C)C=C1. The molecular weight excluding hydrogens is 392 g/mol. The Morgan fingerprint density at radius 3 is 2.61 bits per heavy atom. The van der Waals surface area contributed by atoms with Crippen molar-refractivity contribution >= 4 is 23.7 Å². The Kier molecular flexibility index (Phi) is 6.02. The van der Waals surface area contributed by atoms with Crippen molar-refractivity contribution in [2.45, 2.75) is 32.6 Å². The van der Waals surface area contributed by atoms with Crippen LogP contribution in [0.2, 0.25) is 0 Å². The largest absolute Gasteiger partial charge is 0.497 e. The lowest BCUT2D eigenvalue weighted by atomic mass is 9.83. The number of hydrogen-bond acceptors (Lipinski definition) is 5. The minimum atomic E-state index is -0.431. The van der Waals surface area contributed by atoms with E-state index in [2.05, 4.69) is 39.7 Å². The third-order valence-electron chi connectivity index (χ3n) is 6.02. The molecule has 2 N–H and O–H groups in total. The zero-order valence-corrected chi connectivity index (χ0v) is 18.0. The van der Waals surface area contributed by atoms with Crippen molar-refractivity contribution in [2.24, 2.45) is 28.7 Å². The van der Waals surface area contributed by atoms with Gasteiger partial charge < -0.3 is 15.4 Å². The maximum atomic E-state index is 13.2. The highest BCUT2D eigenvalue weighted by Gasteiger charge is 2.32. The first-order valence-electron chi connectivity index (χ1n) is 10.7. The van der Waals surface area contributed by atoms with Crippen molar-refractivity contribution < 1.29 is 14.3 Å². The molecule has 0 aromatic carbocycles. The summed E-state index contributed by atoms with van der Waals surface area (Å²) in [6.07, 6.45) is 14.8. The van der Waals surface area contributed by atoms with E-state index in [9.17, 15) is 9.59 Å². The Bertz CT molecular complexity index is 990. The number of hydrogen-bond donors (Lipinski definition) is 2. The summed E-state index contributed by atoms with van der Waals surface area (Å²) < 4.78 is 5.33. The van der Waals surface area contributed by atoms with E-state index in [0.29, 0.717) is 11.5 Å². The first kappa shape index (κ1) is 21.0. The summed E-state index contributed by atoms with van der Waals surface area (Å²) in [5.74, 6) is 1.00. The molecule has 0 bridgehead atoms. The van der Waals surface area contributed by atoms with Gasteiger partial charge in [-0.2, -0.15) is 0 Å². The van der Waals surface area contributed by atoms with E-state index in [1.165, 1.54) is 0 Å². The smallest absolute Gasteiger partial charge is 0.232 e. The molecule has 2 amide bonds. The first-order valence-corrected chi connectivity index (χ1v) is 10.7. The number of aromatic nitrogens is 1. The number of nitrogens with zero attached hydrogens (tertiary/aromatic N) is 2. The zero-order chi connectivity index (χ0) is 22.0. The highest BCUT2D eigenvalue weighted by molar-refractivity contribution is 5.97. The maximum Gasteiger partial charge on any atom is 0.232 e. The second-order valence-corrected chi connectivity index (χ2v) is 8.45. The van der Waals surface area contributed by atoms with E-state index in [0.717, 1.165) is 24.2 Å². The minimum Gasteiger partial charge on any atom is -0.497 e. The molecule has 4 atom stereocenters. The Morgan fingerprint density at radius 1 is 1.10 bits per heavy atom. The molecule has 7 nitrogen and oxygen atoms in total. The number of nitrogens with one attached hydrogen (secondary N) is 2. The molecule has 2 aliphatic carbocycles. The topological polar surface area (TPSA) is 92.7 Å². The van der Waals surface area contributed by atoms with Gasteiger partial charge in [-0.1, -0.05) is 19.9 Å². The Hall–Kier alpha value is -3.22. The van der Waals surface area contributed by atoms with Gasteiger partial charge in [0.05, 0.1) is 24.9 Å². The molecule has 1 aromatic rings. The second-order valence-electron chi connectivity index (χ2n) is 8.45. The number of allylic oxidation sites excluding steroid dienone is 3. The summed E-state index contributed by atoms with van der Waals surface area (Å²) in [6.45, 7) is 4.06. The van der Waals surface area contributed by atoms with Gasteiger partial charge in [0, 0.05) is 30.2 Å². The Balaban J connectivity index is 1.50. The molecule has 4 rings (SSSR count). The molecule has 0 saturated heterocycles. The van der Waals surface area contributed by atoms with E-state index in [-0.39, 0.29) is 35.5 Å². The number of aliphatic imine (C=N–C) groups is 1. The van der Waals surface area contributed by atoms with Crippen molar-refractivity contribution in [3.05, 3.63) is 59.9 Å². The standard InChI is InChI=1S/C24H28N4O3/c1-14-10-17(31-3)6-7-18(14)19-8-9-25-13-21(19)27-24(30)20-11-22(26-12-15(20)2)28-23(29)16-4-5-16/h6-16,18,20H,4-5H2,1-3H3,(H,27,30)(H,28,29). The number of amides is 2. The molecule has 31 heavy (non-hydrogen) atoms. The zero-order valence-electron chi connectivity index (χ0n) is 18.0. The predicted molar refractivity (Wildman–Crippen MR) is 119 cm³/mol. The van der Waals surface area contributed by atoms with Crippen LogP contribution in [0.15, 0.2) is 59.3 Å². The second kappa shape index (κ2) is 8.88. The molecule has 3 aliphatic rings. The molecule has 1 saturated carbocycles. The van der Waals surface area contributed by atoms with E-state index in [1.54, 1.807) is 31.8 Å². The van der Waals surface area contributed by atoms with Gasteiger partial charge in [-0.05, 0) is 48.6 Å². The van der Waals surface area contributed by atoms with Crippen LogP contribution in [0, 0.1) is 23.7 Å². The van der Waals surface area contributed by atoms with Crippen LogP contribution in [0.5, 0.6) is 0 Å². The molecule has 1 aromatic heterocycles. The fourth-order valence-corrected chi connectivity index (χ4v) is 3.95. The maximum absolute atomic E-state index is 13.2. The number of ether oxygens (including phenoxy) is 1. The van der Waals surface area contributed by atoms with E-state index < -0.39 is 5.92 Å². The van der Waals surface area contributed by atoms with Crippen LogP contribution in [0.25, 0.3) is 0 Å². The highest BCUT2D eigenvalue weighted by Crippen LogP contribution is 2.36. The molecule has 7 heteroatoms. The number of carbonyl (C=O) groups excluding carboxylic acids is 2. The van der Waals surface area contributed by atoms with Crippen molar-refractivity contribution in [2.75, 3.05) is 12.4 Å². The van der Waals surface area contributed by atoms with Gasteiger partial charge in [0.15, 0.2) is 0 Å². The molecule has 1 aliphatic heterocycles. The summed E-state index contributed by atoms with van der Waals surface area (Å²) in [7, 11) is 1.66. The van der Waals surface area contributed by atoms with Crippen LogP contribution >= 0.6 is 0 Å². The van der Waals surface area contributed by atoms with Gasteiger partial charge in [0.1, 0.15) is 11.6 Å². The van der Waals surface area contributed by atoms with Gasteiger partial charge in [-0.3, -0.25) is 14.6 Å². The molecule has 0 spiro atoms. The molecule has 4 unspecified atom stereocenters. The number of anilines is 1. The summed E-state index contributed by atoms with van der Waals surface area (Å²) in [4.78, 5) is 33.7. The fraction of sp³-hybridized carbons (Fsp3) is 0.417. The van der Waals surface area contributed by atoms with Crippen molar-refractivity contribution in [3.8, 4) is 0 Å². The third kappa shape index (κ3) is 4.76. The lowest BCUT2D eigenvalue weighted by molar-refractivity contribution is -0.122. The summed E-state index contributed by atoms with van der Waals surface area (Å²) in [5.41, 5.74) is 1.69. The molecule has 162 valence electrons. The number of methoxy groups -OCH3 is 1. The van der Waals surface area contributed by atoms with Gasteiger partial charge in [-0.25, -0.2) is 4.99 Å². The van der Waals surface area contributed by atoms with Crippen LogP contribution in [0.4, 0.5) is 5.69 Å². The quantitative estimate of drug-likeness (QED) is 0.736. The average molecular weight is 421 g/mol.